The molecule has 0 heterocycles. The van der Waals surface area contributed by atoms with E-state index in [-0.39, 0.29) is 19.1 Å². The predicted molar refractivity (Wildman–Crippen MR) is 272 cm³/mol. The minimum absolute atomic E-state index is 0.0577. The number of hydrogen-bond donors (Lipinski definition) is 3. The van der Waals surface area contributed by atoms with Crippen molar-refractivity contribution in [2.24, 2.45) is 0 Å². The van der Waals surface area contributed by atoms with Gasteiger partial charge in [-0.05, 0) is 57.8 Å². The van der Waals surface area contributed by atoms with Crippen LogP contribution >= 0.6 is 7.82 Å². The van der Waals surface area contributed by atoms with E-state index in [0.29, 0.717) is 17.4 Å². The molecular weight excluding hydrogens is 804 g/mol. The van der Waals surface area contributed by atoms with Crippen LogP contribution in [0.4, 0.5) is 0 Å². The number of phosphoric acid groups is 1. The van der Waals surface area contributed by atoms with E-state index in [9.17, 15) is 19.4 Å². The van der Waals surface area contributed by atoms with Crippen molar-refractivity contribution in [3.8, 4) is 0 Å². The lowest BCUT2D eigenvalue weighted by Gasteiger charge is -2.25. The van der Waals surface area contributed by atoms with Crippen LogP contribution in [-0.2, 0) is 18.4 Å². The Bertz CT molecular complexity index is 1210. The van der Waals surface area contributed by atoms with E-state index in [2.05, 4.69) is 67.8 Å². The zero-order chi connectivity index (χ0) is 46.4. The smallest absolute Gasteiger partial charge is 0.387 e. The molecule has 8 nitrogen and oxygen atoms in total. The molecule has 0 aromatic rings. The Labute approximate surface area is 390 Å². The Morgan fingerprint density at radius 2 is 0.952 bits per heavy atom. The number of likely N-dealkylation sites (N-methyl/N-ethyl adjacent to an activating group) is 1. The van der Waals surface area contributed by atoms with Gasteiger partial charge in [-0.2, -0.15) is 0 Å². The Morgan fingerprint density at radius 1 is 0.556 bits per heavy atom. The van der Waals surface area contributed by atoms with Gasteiger partial charge in [0, 0.05) is 6.42 Å². The molecule has 3 atom stereocenters. The monoisotopic (exact) mass is 906 g/mol. The van der Waals surface area contributed by atoms with Crippen molar-refractivity contribution in [1.29, 1.82) is 0 Å². The Kier molecular flexibility index (Phi) is 44.1. The molecular formula is C54H102N2O6P+. The number of unbranched alkanes of at least 4 members (excludes halogenated alkanes) is 26. The molecule has 0 radical (unpaired) electrons. The first-order valence-electron chi connectivity index (χ1n) is 26.2. The number of phosphoric ester groups is 1. The highest BCUT2D eigenvalue weighted by Crippen LogP contribution is 2.43. The summed E-state index contributed by atoms with van der Waals surface area (Å²) in [4.78, 5) is 23.2. The van der Waals surface area contributed by atoms with Crippen LogP contribution in [0.25, 0.3) is 0 Å². The van der Waals surface area contributed by atoms with E-state index in [1.807, 2.05) is 27.2 Å². The van der Waals surface area contributed by atoms with Gasteiger partial charge in [0.25, 0.3) is 0 Å². The molecule has 0 bridgehead atoms. The van der Waals surface area contributed by atoms with Crippen molar-refractivity contribution in [3.63, 3.8) is 0 Å². The maximum atomic E-state index is 12.9. The van der Waals surface area contributed by atoms with Crippen LogP contribution in [0.2, 0.25) is 0 Å². The molecule has 0 rings (SSSR count). The fraction of sp³-hybridized carbons (Fsp3) is 0.796. The van der Waals surface area contributed by atoms with Gasteiger partial charge in [0.05, 0.1) is 39.9 Å². The average molecular weight is 906 g/mol. The fourth-order valence-electron chi connectivity index (χ4n) is 7.39. The molecule has 63 heavy (non-hydrogen) atoms. The summed E-state index contributed by atoms with van der Waals surface area (Å²) < 4.78 is 23.7. The summed E-state index contributed by atoms with van der Waals surface area (Å²) in [7, 11) is 1.56. The summed E-state index contributed by atoms with van der Waals surface area (Å²) in [6.45, 7) is 4.71. The third-order valence-electron chi connectivity index (χ3n) is 11.5. The van der Waals surface area contributed by atoms with Gasteiger partial charge in [0.2, 0.25) is 5.91 Å². The molecule has 368 valence electrons. The number of aliphatic hydroxyl groups is 1. The summed E-state index contributed by atoms with van der Waals surface area (Å²) in [5, 5.41) is 13.9. The van der Waals surface area contributed by atoms with Gasteiger partial charge in [0.15, 0.2) is 0 Å². The number of nitrogens with zero attached hydrogens (tertiary/aromatic N) is 1. The molecule has 9 heteroatoms. The summed E-state index contributed by atoms with van der Waals surface area (Å²) in [6, 6.07) is -0.853. The van der Waals surface area contributed by atoms with Crippen molar-refractivity contribution in [3.05, 3.63) is 60.8 Å². The third kappa shape index (κ3) is 48.0. The summed E-state index contributed by atoms with van der Waals surface area (Å²) in [6.07, 6.45) is 60.1. The van der Waals surface area contributed by atoms with Crippen molar-refractivity contribution in [1.82, 2.24) is 5.32 Å². The molecule has 0 saturated carbocycles. The SMILES string of the molecule is CC/C=C\C/C=C\C/C=C\C/C=C\CCCCCCCCCCC(=O)NC(COP(=O)(O)OCC[N+](C)(C)C)C(O)/C=C/CCCCCCCCCCCCCCCCCCCC. The second-order valence-corrected chi connectivity index (χ2v) is 20.3. The van der Waals surface area contributed by atoms with Crippen LogP contribution < -0.4 is 5.32 Å². The number of quaternary nitrogens is 1. The second kappa shape index (κ2) is 45.4. The number of nitrogens with one attached hydrogen (secondary N) is 1. The minimum atomic E-state index is -4.35. The highest BCUT2D eigenvalue weighted by molar-refractivity contribution is 7.47. The molecule has 0 aliphatic carbocycles. The number of carbonyl (C=O) groups is 1. The lowest BCUT2D eigenvalue weighted by molar-refractivity contribution is -0.870. The Balaban J connectivity index is 4.32. The molecule has 0 aliphatic rings. The van der Waals surface area contributed by atoms with Crippen LogP contribution in [0, 0.1) is 0 Å². The normalized spacial score (nSPS) is 14.6. The van der Waals surface area contributed by atoms with Crippen LogP contribution in [-0.4, -0.2) is 73.4 Å². The van der Waals surface area contributed by atoms with Crippen LogP contribution in [0.3, 0.4) is 0 Å². The van der Waals surface area contributed by atoms with Gasteiger partial charge in [-0.3, -0.25) is 13.8 Å². The number of aliphatic hydroxyl groups excluding tert-OH is 1. The fourth-order valence-corrected chi connectivity index (χ4v) is 8.12. The highest BCUT2D eigenvalue weighted by atomic mass is 31.2. The molecule has 0 aromatic heterocycles. The van der Waals surface area contributed by atoms with Crippen molar-refractivity contribution >= 4 is 13.7 Å². The number of amides is 1. The van der Waals surface area contributed by atoms with Crippen molar-refractivity contribution in [2.45, 2.75) is 238 Å². The van der Waals surface area contributed by atoms with Gasteiger partial charge in [-0.25, -0.2) is 4.57 Å². The van der Waals surface area contributed by atoms with Crippen LogP contribution in [0.15, 0.2) is 60.8 Å². The Hall–Kier alpha value is -1.80. The van der Waals surface area contributed by atoms with E-state index in [4.69, 9.17) is 9.05 Å². The van der Waals surface area contributed by atoms with Crippen molar-refractivity contribution < 1.29 is 32.9 Å². The maximum absolute atomic E-state index is 12.9. The molecule has 3 unspecified atom stereocenters. The zero-order valence-electron chi connectivity index (χ0n) is 41.8. The zero-order valence-corrected chi connectivity index (χ0v) is 42.7. The molecule has 0 saturated heterocycles. The Morgan fingerprint density at radius 3 is 1.40 bits per heavy atom. The van der Waals surface area contributed by atoms with E-state index >= 15 is 0 Å². The average Bonchev–Trinajstić information content (AvgIpc) is 3.24. The number of rotatable bonds is 47. The number of allylic oxidation sites excluding steroid dienone is 9. The quantitative estimate of drug-likeness (QED) is 0.0243. The van der Waals surface area contributed by atoms with Crippen LogP contribution in [0.5, 0.6) is 0 Å². The van der Waals surface area contributed by atoms with Gasteiger partial charge in [-0.15, -0.1) is 0 Å². The molecule has 1 amide bonds. The van der Waals surface area contributed by atoms with E-state index in [0.717, 1.165) is 70.6 Å². The first kappa shape index (κ1) is 61.2. The lowest BCUT2D eigenvalue weighted by atomic mass is 10.0. The standard InChI is InChI=1S/C54H101N2O6P/c1-6-8-10-12-14-16-18-20-22-24-26-28-30-32-34-36-38-40-42-44-46-48-54(58)55-52(51-62-63(59,60)61-50-49-56(3,4)5)53(57)47-45-43-41-39-37-35-33-31-29-27-25-23-21-19-17-15-13-11-9-7-2/h8,10,14,16,20,22,26,28,45,47,52-53,57H,6-7,9,11-13,15,17-19,21,23-25,27,29-44,46,48-51H2,1-5H3,(H-,55,58,59,60)/p+1/b10-8-,16-14-,22-20-,28-26-,47-45+. The van der Waals surface area contributed by atoms with Gasteiger partial charge < -0.3 is 19.8 Å². The van der Waals surface area contributed by atoms with Gasteiger partial charge in [-0.1, -0.05) is 222 Å². The molecule has 3 N–H and O–H groups in total. The topological polar surface area (TPSA) is 105 Å². The summed E-state index contributed by atoms with van der Waals surface area (Å²) in [5.41, 5.74) is 0. The number of carbonyl (C=O) groups excluding carboxylic acids is 1. The van der Waals surface area contributed by atoms with Crippen molar-refractivity contribution in [2.75, 3.05) is 40.9 Å². The molecule has 0 fully saturated rings. The van der Waals surface area contributed by atoms with Gasteiger partial charge in [0.1, 0.15) is 13.2 Å². The molecule has 0 aliphatic heterocycles. The highest BCUT2D eigenvalue weighted by Gasteiger charge is 2.27. The summed E-state index contributed by atoms with van der Waals surface area (Å²) >= 11 is 0. The lowest BCUT2D eigenvalue weighted by Crippen LogP contribution is -2.45. The van der Waals surface area contributed by atoms with E-state index in [1.165, 1.54) is 135 Å². The predicted octanol–water partition coefficient (Wildman–Crippen LogP) is 15.4. The molecule has 0 spiro atoms. The first-order valence-corrected chi connectivity index (χ1v) is 27.7. The largest absolute Gasteiger partial charge is 0.472 e. The minimum Gasteiger partial charge on any atom is -0.387 e. The number of hydrogen-bond acceptors (Lipinski definition) is 5. The first-order chi connectivity index (χ1) is 30.5. The van der Waals surface area contributed by atoms with E-state index < -0.39 is 20.0 Å². The second-order valence-electron chi connectivity index (χ2n) is 18.9. The summed E-state index contributed by atoms with van der Waals surface area (Å²) in [5.74, 6) is -0.186. The maximum Gasteiger partial charge on any atom is 0.472 e. The van der Waals surface area contributed by atoms with Gasteiger partial charge >= 0.3 is 7.82 Å². The van der Waals surface area contributed by atoms with Crippen LogP contribution in [0.1, 0.15) is 226 Å². The third-order valence-corrected chi connectivity index (χ3v) is 12.5. The van der Waals surface area contributed by atoms with E-state index in [1.54, 1.807) is 6.08 Å². The molecule has 0 aromatic carbocycles.